The average Bonchev–Trinajstić information content (AvgIpc) is 3.00. The van der Waals surface area contributed by atoms with Gasteiger partial charge in [0.05, 0.1) is 12.1 Å². The third-order valence-corrected chi connectivity index (χ3v) is 5.07. The Morgan fingerprint density at radius 1 is 0.767 bits per heavy atom. The quantitative estimate of drug-likeness (QED) is 0.635. The summed E-state index contributed by atoms with van der Waals surface area (Å²) in [6, 6.07) is 26.6. The Labute approximate surface area is 176 Å². The lowest BCUT2D eigenvalue weighted by Crippen LogP contribution is -2.31. The second-order valence-corrected chi connectivity index (χ2v) is 7.36. The Morgan fingerprint density at radius 2 is 1.37 bits per heavy atom. The number of imide groups is 1. The van der Waals surface area contributed by atoms with Crippen molar-refractivity contribution in [2.75, 3.05) is 24.3 Å². The van der Waals surface area contributed by atoms with Gasteiger partial charge < -0.3 is 10.2 Å². The zero-order chi connectivity index (χ0) is 21.1. The number of benzene rings is 3. The standard InChI is InChI=1S/C25H23N3O2/c1-27(2)21-15-13-20(14-16-21)26-23-22(19-11-7-4-8-12-19)24(29)28(25(23)30)17-18-9-5-3-6-10-18/h3-16,26H,17H2,1-2H3. The van der Waals surface area contributed by atoms with Crippen LogP contribution in [0.1, 0.15) is 11.1 Å². The van der Waals surface area contributed by atoms with Gasteiger partial charge in [-0.3, -0.25) is 14.5 Å². The van der Waals surface area contributed by atoms with E-state index < -0.39 is 0 Å². The minimum atomic E-state index is -0.320. The van der Waals surface area contributed by atoms with Crippen molar-refractivity contribution in [2.24, 2.45) is 0 Å². The number of nitrogens with zero attached hydrogens (tertiary/aromatic N) is 2. The molecule has 150 valence electrons. The molecule has 4 rings (SSSR count). The molecule has 0 bridgehead atoms. The summed E-state index contributed by atoms with van der Waals surface area (Å²) in [4.78, 5) is 29.8. The van der Waals surface area contributed by atoms with Gasteiger partial charge >= 0.3 is 0 Å². The van der Waals surface area contributed by atoms with Crippen LogP contribution >= 0.6 is 0 Å². The van der Waals surface area contributed by atoms with Crippen molar-refractivity contribution >= 4 is 28.8 Å². The Balaban J connectivity index is 1.70. The van der Waals surface area contributed by atoms with Crippen molar-refractivity contribution in [3.05, 3.63) is 102 Å². The number of rotatable bonds is 6. The van der Waals surface area contributed by atoms with Gasteiger partial charge in [-0.25, -0.2) is 0 Å². The van der Waals surface area contributed by atoms with Crippen molar-refractivity contribution in [3.63, 3.8) is 0 Å². The molecule has 0 fully saturated rings. The molecule has 3 aromatic rings. The van der Waals surface area contributed by atoms with E-state index in [9.17, 15) is 9.59 Å². The number of carbonyl (C=O) groups excluding carboxylic acids is 2. The molecule has 0 radical (unpaired) electrons. The topological polar surface area (TPSA) is 52.7 Å². The summed E-state index contributed by atoms with van der Waals surface area (Å²) in [6.07, 6.45) is 0. The summed E-state index contributed by atoms with van der Waals surface area (Å²) < 4.78 is 0. The lowest BCUT2D eigenvalue weighted by atomic mass is 10.0. The zero-order valence-electron chi connectivity index (χ0n) is 17.0. The molecule has 0 aromatic heterocycles. The Bertz CT molecular complexity index is 1090. The predicted molar refractivity (Wildman–Crippen MR) is 120 cm³/mol. The molecule has 0 saturated carbocycles. The highest BCUT2D eigenvalue weighted by Gasteiger charge is 2.39. The van der Waals surface area contributed by atoms with Crippen LogP contribution in [-0.2, 0) is 16.1 Å². The average molecular weight is 397 g/mol. The summed E-state index contributed by atoms with van der Waals surface area (Å²) in [5.74, 6) is -0.609. The third-order valence-electron chi connectivity index (χ3n) is 5.07. The van der Waals surface area contributed by atoms with E-state index >= 15 is 0 Å². The SMILES string of the molecule is CN(C)c1ccc(NC2=C(c3ccccc3)C(=O)N(Cc3ccccc3)C2=O)cc1. The van der Waals surface area contributed by atoms with Crippen molar-refractivity contribution in [3.8, 4) is 0 Å². The van der Waals surface area contributed by atoms with Gasteiger partial charge in [-0.1, -0.05) is 60.7 Å². The summed E-state index contributed by atoms with van der Waals surface area (Å²) in [7, 11) is 3.94. The summed E-state index contributed by atoms with van der Waals surface area (Å²) in [5, 5.41) is 3.20. The summed E-state index contributed by atoms with van der Waals surface area (Å²) >= 11 is 0. The van der Waals surface area contributed by atoms with E-state index in [0.29, 0.717) is 11.3 Å². The Kier molecular flexibility index (Phi) is 5.35. The zero-order valence-corrected chi connectivity index (χ0v) is 17.0. The molecule has 0 spiro atoms. The van der Waals surface area contributed by atoms with Crippen molar-refractivity contribution < 1.29 is 9.59 Å². The maximum absolute atomic E-state index is 13.3. The first-order valence-corrected chi connectivity index (χ1v) is 9.79. The van der Waals surface area contributed by atoms with Gasteiger partial charge in [0.2, 0.25) is 0 Å². The number of hydrogen-bond donors (Lipinski definition) is 1. The van der Waals surface area contributed by atoms with Crippen LogP contribution in [0.2, 0.25) is 0 Å². The van der Waals surface area contributed by atoms with E-state index in [-0.39, 0.29) is 18.4 Å². The first kappa shape index (κ1) is 19.5. The molecule has 0 unspecified atom stereocenters. The maximum Gasteiger partial charge on any atom is 0.278 e. The first-order chi connectivity index (χ1) is 14.5. The third kappa shape index (κ3) is 3.82. The highest BCUT2D eigenvalue weighted by molar-refractivity contribution is 6.36. The summed E-state index contributed by atoms with van der Waals surface area (Å²) in [5.41, 5.74) is 4.14. The van der Waals surface area contributed by atoms with Gasteiger partial charge in [0.25, 0.3) is 11.8 Å². The first-order valence-electron chi connectivity index (χ1n) is 9.79. The second-order valence-electron chi connectivity index (χ2n) is 7.36. The van der Waals surface area contributed by atoms with Crippen LogP contribution in [0.3, 0.4) is 0 Å². The number of amides is 2. The van der Waals surface area contributed by atoms with Crippen molar-refractivity contribution in [1.29, 1.82) is 0 Å². The minimum absolute atomic E-state index is 0.236. The molecular formula is C25H23N3O2. The van der Waals surface area contributed by atoms with E-state index in [2.05, 4.69) is 5.32 Å². The van der Waals surface area contributed by atoms with Crippen LogP contribution in [0.4, 0.5) is 11.4 Å². The van der Waals surface area contributed by atoms with Gasteiger partial charge in [-0.2, -0.15) is 0 Å². The maximum atomic E-state index is 13.3. The number of anilines is 2. The Morgan fingerprint density at radius 3 is 1.97 bits per heavy atom. The van der Waals surface area contributed by atoms with E-state index in [1.807, 2.05) is 104 Å². The molecule has 5 heteroatoms. The molecule has 0 aliphatic carbocycles. The molecule has 1 heterocycles. The van der Waals surface area contributed by atoms with E-state index in [1.165, 1.54) is 4.90 Å². The van der Waals surface area contributed by atoms with Crippen molar-refractivity contribution in [2.45, 2.75) is 6.54 Å². The summed E-state index contributed by atoms with van der Waals surface area (Å²) in [6.45, 7) is 0.236. The molecule has 3 aromatic carbocycles. The highest BCUT2D eigenvalue weighted by Crippen LogP contribution is 2.31. The molecule has 30 heavy (non-hydrogen) atoms. The van der Waals surface area contributed by atoms with Crippen molar-refractivity contribution in [1.82, 2.24) is 4.90 Å². The smallest absolute Gasteiger partial charge is 0.278 e. The fourth-order valence-corrected chi connectivity index (χ4v) is 3.46. The lowest BCUT2D eigenvalue weighted by molar-refractivity contribution is -0.137. The second kappa shape index (κ2) is 8.25. The van der Waals surface area contributed by atoms with Crippen LogP contribution in [0.25, 0.3) is 5.57 Å². The monoisotopic (exact) mass is 397 g/mol. The largest absolute Gasteiger partial charge is 0.378 e. The number of nitrogens with one attached hydrogen (secondary N) is 1. The van der Waals surface area contributed by atoms with Crippen LogP contribution in [0.15, 0.2) is 90.6 Å². The van der Waals surface area contributed by atoms with E-state index in [1.54, 1.807) is 0 Å². The van der Waals surface area contributed by atoms with Crippen LogP contribution in [0, 0.1) is 0 Å². The van der Waals surface area contributed by atoms with E-state index in [0.717, 1.165) is 22.5 Å². The van der Waals surface area contributed by atoms with Crippen LogP contribution in [-0.4, -0.2) is 30.8 Å². The molecule has 0 saturated heterocycles. The van der Waals surface area contributed by atoms with Gasteiger partial charge in [0, 0.05) is 25.5 Å². The van der Waals surface area contributed by atoms with Crippen LogP contribution < -0.4 is 10.2 Å². The predicted octanol–water partition coefficient (Wildman–Crippen LogP) is 4.14. The lowest BCUT2D eigenvalue weighted by Gasteiger charge is -2.16. The Hall–Kier alpha value is -3.86. The minimum Gasteiger partial charge on any atom is -0.378 e. The molecule has 5 nitrogen and oxygen atoms in total. The molecule has 1 N–H and O–H groups in total. The number of hydrogen-bond acceptors (Lipinski definition) is 4. The fraction of sp³-hybridized carbons (Fsp3) is 0.120. The van der Waals surface area contributed by atoms with Gasteiger partial charge in [0.15, 0.2) is 0 Å². The number of carbonyl (C=O) groups is 2. The molecule has 1 aliphatic heterocycles. The van der Waals surface area contributed by atoms with Gasteiger partial charge in [0.1, 0.15) is 5.70 Å². The molecule has 1 aliphatic rings. The molecule has 0 atom stereocenters. The van der Waals surface area contributed by atoms with Gasteiger partial charge in [-0.05, 0) is 35.4 Å². The molecule has 2 amide bonds. The van der Waals surface area contributed by atoms with E-state index in [4.69, 9.17) is 0 Å². The normalized spacial score (nSPS) is 13.7. The fourth-order valence-electron chi connectivity index (χ4n) is 3.46. The van der Waals surface area contributed by atoms with Gasteiger partial charge in [-0.15, -0.1) is 0 Å². The molecular weight excluding hydrogens is 374 g/mol. The highest BCUT2D eigenvalue weighted by atomic mass is 16.2. The van der Waals surface area contributed by atoms with Crippen LogP contribution in [0.5, 0.6) is 0 Å².